The monoisotopic (exact) mass is 331 g/mol. The molecule has 1 aromatic carbocycles. The smallest absolute Gasteiger partial charge is 0.251 e. The van der Waals surface area contributed by atoms with Crippen LogP contribution in [0.25, 0.3) is 5.57 Å². The Hall–Kier alpha value is -1.87. The number of hydrogen-bond donors (Lipinski definition) is 1. The lowest BCUT2D eigenvalue weighted by Gasteiger charge is -2.10. The second kappa shape index (κ2) is 6.71. The van der Waals surface area contributed by atoms with Crippen LogP contribution >= 0.6 is 11.6 Å². The molecule has 0 radical (unpaired) electrons. The van der Waals surface area contributed by atoms with Crippen molar-refractivity contribution in [1.29, 1.82) is 0 Å². The van der Waals surface area contributed by atoms with Gasteiger partial charge in [-0.15, -0.1) is 0 Å². The van der Waals surface area contributed by atoms with Crippen LogP contribution in [0.3, 0.4) is 0 Å². The van der Waals surface area contributed by atoms with Crippen LogP contribution in [-0.4, -0.2) is 4.98 Å². The summed E-state index contributed by atoms with van der Waals surface area (Å²) in [6, 6.07) is 8.56. The summed E-state index contributed by atoms with van der Waals surface area (Å²) in [6.07, 6.45) is 6.04. The standard InChI is InChI=1S/C19H19ClFNO/c1-2-3-4-14(13-7-9-16(20)17(21)11-13)18-10-8-15(12-5-6-12)19(23)22-18/h4,7-12H,2-3,5-6H2,1H3,(H,22,23)/b14-4+. The van der Waals surface area contributed by atoms with Gasteiger partial charge >= 0.3 is 0 Å². The van der Waals surface area contributed by atoms with Crippen molar-refractivity contribution in [2.24, 2.45) is 0 Å². The summed E-state index contributed by atoms with van der Waals surface area (Å²) in [4.78, 5) is 15.2. The van der Waals surface area contributed by atoms with Crippen molar-refractivity contribution in [3.05, 3.63) is 74.4 Å². The van der Waals surface area contributed by atoms with E-state index in [0.29, 0.717) is 5.92 Å². The fraction of sp³-hybridized carbons (Fsp3) is 0.316. The molecule has 2 aromatic rings. The van der Waals surface area contributed by atoms with Crippen molar-refractivity contribution < 1.29 is 4.39 Å². The molecule has 1 aliphatic carbocycles. The highest BCUT2D eigenvalue weighted by Gasteiger charge is 2.26. The van der Waals surface area contributed by atoms with Gasteiger partial charge in [-0.1, -0.05) is 43.2 Å². The molecule has 3 rings (SSSR count). The Balaban J connectivity index is 2.03. The van der Waals surface area contributed by atoms with Crippen molar-refractivity contribution in [3.8, 4) is 0 Å². The van der Waals surface area contributed by atoms with Gasteiger partial charge in [0.25, 0.3) is 5.56 Å². The first kappa shape index (κ1) is 16.0. The maximum atomic E-state index is 13.8. The summed E-state index contributed by atoms with van der Waals surface area (Å²) in [5.74, 6) is -0.0487. The van der Waals surface area contributed by atoms with Crippen LogP contribution in [0.1, 0.15) is 55.3 Å². The van der Waals surface area contributed by atoms with Gasteiger partial charge < -0.3 is 4.98 Å². The number of aromatic nitrogens is 1. The summed E-state index contributed by atoms with van der Waals surface area (Å²) in [5, 5.41) is 0.0983. The number of halogens is 2. The van der Waals surface area contributed by atoms with Gasteiger partial charge in [-0.2, -0.15) is 0 Å². The fourth-order valence-corrected chi connectivity index (χ4v) is 2.81. The van der Waals surface area contributed by atoms with Gasteiger partial charge in [-0.05, 0) is 48.9 Å². The first-order valence-electron chi connectivity index (χ1n) is 7.99. The lowest BCUT2D eigenvalue weighted by Crippen LogP contribution is -2.13. The molecule has 23 heavy (non-hydrogen) atoms. The zero-order valence-corrected chi connectivity index (χ0v) is 13.8. The number of H-pyrrole nitrogens is 1. The molecule has 0 atom stereocenters. The molecule has 1 aliphatic rings. The van der Waals surface area contributed by atoms with E-state index < -0.39 is 5.82 Å². The summed E-state index contributed by atoms with van der Waals surface area (Å²) >= 11 is 5.77. The van der Waals surface area contributed by atoms with Crippen LogP contribution in [0.2, 0.25) is 5.02 Å². The molecular weight excluding hydrogens is 313 g/mol. The van der Waals surface area contributed by atoms with Crippen molar-refractivity contribution in [2.75, 3.05) is 0 Å². The van der Waals surface area contributed by atoms with Gasteiger partial charge in [-0.3, -0.25) is 4.79 Å². The third-order valence-electron chi connectivity index (χ3n) is 4.12. The molecule has 0 unspecified atom stereocenters. The number of nitrogens with one attached hydrogen (secondary N) is 1. The molecule has 2 nitrogen and oxygen atoms in total. The average Bonchev–Trinajstić information content (AvgIpc) is 3.36. The lowest BCUT2D eigenvalue weighted by atomic mass is 9.99. The van der Waals surface area contributed by atoms with Crippen LogP contribution in [0.4, 0.5) is 4.39 Å². The van der Waals surface area contributed by atoms with E-state index in [1.807, 2.05) is 18.2 Å². The fourth-order valence-electron chi connectivity index (χ4n) is 2.69. The quantitative estimate of drug-likeness (QED) is 0.794. The molecule has 120 valence electrons. The number of unbranched alkanes of at least 4 members (excludes halogenated alkanes) is 1. The highest BCUT2D eigenvalue weighted by Crippen LogP contribution is 2.38. The van der Waals surface area contributed by atoms with Crippen molar-refractivity contribution in [3.63, 3.8) is 0 Å². The molecule has 0 bridgehead atoms. The predicted octanol–water partition coefficient (Wildman–Crippen LogP) is 5.28. The van der Waals surface area contributed by atoms with Gasteiger partial charge in [0.15, 0.2) is 0 Å². The van der Waals surface area contributed by atoms with E-state index in [1.165, 1.54) is 6.07 Å². The molecule has 1 fully saturated rings. The molecule has 1 saturated carbocycles. The number of benzene rings is 1. The Labute approximate surface area is 140 Å². The Morgan fingerprint density at radius 2 is 2.13 bits per heavy atom. The maximum Gasteiger partial charge on any atom is 0.251 e. The zero-order chi connectivity index (χ0) is 16.4. The molecule has 1 aromatic heterocycles. The lowest BCUT2D eigenvalue weighted by molar-refractivity contribution is 0.628. The van der Waals surface area contributed by atoms with Gasteiger partial charge in [0.2, 0.25) is 0 Å². The van der Waals surface area contributed by atoms with Gasteiger partial charge in [0.1, 0.15) is 5.82 Å². The van der Waals surface area contributed by atoms with Gasteiger partial charge in [0, 0.05) is 16.8 Å². The van der Waals surface area contributed by atoms with Crippen LogP contribution < -0.4 is 5.56 Å². The van der Waals surface area contributed by atoms with E-state index in [4.69, 9.17) is 11.6 Å². The Bertz CT molecular complexity index is 805. The maximum absolute atomic E-state index is 13.8. The largest absolute Gasteiger partial charge is 0.322 e. The molecule has 1 heterocycles. The minimum atomic E-state index is -0.455. The van der Waals surface area contributed by atoms with E-state index in [2.05, 4.69) is 11.9 Å². The Morgan fingerprint density at radius 1 is 1.35 bits per heavy atom. The molecule has 0 amide bonds. The normalized spacial score (nSPS) is 15.0. The van der Waals surface area contributed by atoms with E-state index >= 15 is 0 Å². The number of allylic oxidation sites excluding steroid dienone is 1. The minimum absolute atomic E-state index is 0.0400. The van der Waals surface area contributed by atoms with Crippen LogP contribution in [0, 0.1) is 5.82 Å². The Morgan fingerprint density at radius 3 is 2.74 bits per heavy atom. The average molecular weight is 332 g/mol. The molecular formula is C19H19ClFNO. The molecule has 0 aliphatic heterocycles. The van der Waals surface area contributed by atoms with E-state index in [-0.39, 0.29) is 10.6 Å². The van der Waals surface area contributed by atoms with Crippen LogP contribution in [0.5, 0.6) is 0 Å². The number of hydrogen-bond acceptors (Lipinski definition) is 1. The third kappa shape index (κ3) is 3.56. The van der Waals surface area contributed by atoms with Crippen LogP contribution in [0.15, 0.2) is 41.2 Å². The van der Waals surface area contributed by atoms with Crippen molar-refractivity contribution in [2.45, 2.75) is 38.5 Å². The highest BCUT2D eigenvalue weighted by molar-refractivity contribution is 6.30. The van der Waals surface area contributed by atoms with Gasteiger partial charge in [-0.25, -0.2) is 4.39 Å². The Kier molecular flexibility index (Phi) is 4.67. The van der Waals surface area contributed by atoms with E-state index in [0.717, 1.165) is 48.1 Å². The summed E-state index contributed by atoms with van der Waals surface area (Å²) < 4.78 is 13.8. The molecule has 4 heteroatoms. The van der Waals surface area contributed by atoms with Gasteiger partial charge in [0.05, 0.1) is 5.02 Å². The zero-order valence-electron chi connectivity index (χ0n) is 13.0. The topological polar surface area (TPSA) is 32.9 Å². The molecule has 0 saturated heterocycles. The number of rotatable bonds is 5. The SMILES string of the molecule is CCC/C=C(\c1ccc(Cl)c(F)c1)c1ccc(C2CC2)c(=O)[nH]1. The van der Waals surface area contributed by atoms with Crippen molar-refractivity contribution in [1.82, 2.24) is 4.98 Å². The molecule has 1 N–H and O–H groups in total. The predicted molar refractivity (Wildman–Crippen MR) is 92.4 cm³/mol. The summed E-state index contributed by atoms with van der Waals surface area (Å²) in [6.45, 7) is 2.08. The molecule has 0 spiro atoms. The first-order chi connectivity index (χ1) is 11.1. The highest BCUT2D eigenvalue weighted by atomic mass is 35.5. The second-order valence-electron chi connectivity index (χ2n) is 5.97. The van der Waals surface area contributed by atoms with Crippen molar-refractivity contribution >= 4 is 17.2 Å². The van der Waals surface area contributed by atoms with Crippen LogP contribution in [-0.2, 0) is 0 Å². The number of pyridine rings is 1. The second-order valence-corrected chi connectivity index (χ2v) is 6.37. The van der Waals surface area contributed by atoms with E-state index in [9.17, 15) is 9.18 Å². The third-order valence-corrected chi connectivity index (χ3v) is 4.42. The number of aromatic amines is 1. The first-order valence-corrected chi connectivity index (χ1v) is 8.37. The summed E-state index contributed by atoms with van der Waals surface area (Å²) in [7, 11) is 0. The minimum Gasteiger partial charge on any atom is -0.322 e. The van der Waals surface area contributed by atoms with E-state index in [1.54, 1.807) is 12.1 Å². The summed E-state index contributed by atoms with van der Waals surface area (Å²) in [5.41, 5.74) is 3.08.